The topological polar surface area (TPSA) is 112 Å². The number of carbonyl (C=O) groups is 2. The molecule has 0 fully saturated rings. The minimum absolute atomic E-state index is 0.0522. The number of allylic oxidation sites excluding steroid dienone is 3. The van der Waals surface area contributed by atoms with Gasteiger partial charge in [0, 0.05) is 37.0 Å². The van der Waals surface area contributed by atoms with E-state index in [2.05, 4.69) is 23.4 Å². The molecule has 246 valence electrons. The molecule has 0 aliphatic carbocycles. The molecule has 3 rings (SSSR count). The zero-order valence-electron chi connectivity index (χ0n) is 27.6. The van der Waals surface area contributed by atoms with E-state index in [1.807, 2.05) is 77.2 Å². The highest BCUT2D eigenvalue weighted by atomic mass is 19.1. The molecule has 4 N–H and O–H groups in total. The van der Waals surface area contributed by atoms with Gasteiger partial charge < -0.3 is 30.0 Å². The van der Waals surface area contributed by atoms with Gasteiger partial charge in [-0.15, -0.1) is 0 Å². The van der Waals surface area contributed by atoms with Crippen molar-refractivity contribution >= 4 is 12.3 Å². The van der Waals surface area contributed by atoms with Crippen molar-refractivity contribution in [2.45, 2.75) is 91.4 Å². The van der Waals surface area contributed by atoms with Gasteiger partial charge in [-0.2, -0.15) is 0 Å². The minimum Gasteiger partial charge on any atom is -0.481 e. The molecule has 0 saturated heterocycles. The van der Waals surface area contributed by atoms with Crippen molar-refractivity contribution in [2.24, 2.45) is 0 Å². The maximum Gasteiger partial charge on any atom is 0.305 e. The van der Waals surface area contributed by atoms with Crippen molar-refractivity contribution in [3.05, 3.63) is 96.1 Å². The van der Waals surface area contributed by atoms with E-state index in [1.165, 1.54) is 12.1 Å². The van der Waals surface area contributed by atoms with E-state index in [9.17, 15) is 24.2 Å². The zero-order valence-corrected chi connectivity index (χ0v) is 27.6. The Morgan fingerprint density at radius 3 is 2.04 bits per heavy atom. The normalized spacial score (nSPS) is 12.0. The zero-order chi connectivity index (χ0) is 33.9. The van der Waals surface area contributed by atoms with Crippen molar-refractivity contribution in [2.75, 3.05) is 7.05 Å². The van der Waals surface area contributed by atoms with Crippen LogP contribution in [0.2, 0.25) is 0 Å². The second-order valence-corrected chi connectivity index (χ2v) is 10.9. The van der Waals surface area contributed by atoms with Gasteiger partial charge in [-0.25, -0.2) is 4.39 Å². The second-order valence-electron chi connectivity index (χ2n) is 10.9. The lowest BCUT2D eigenvalue weighted by Gasteiger charge is -2.20. The molecular formula is C37H51FN2O5. The Morgan fingerprint density at radius 2 is 1.60 bits per heavy atom. The number of halogens is 1. The number of carboxylic acid groups (broad SMARTS) is 1. The van der Waals surface area contributed by atoms with Gasteiger partial charge in [0.05, 0.1) is 24.3 Å². The second kappa shape index (κ2) is 20.9. The summed E-state index contributed by atoms with van der Waals surface area (Å²) >= 11 is 0. The molecule has 2 aromatic carbocycles. The van der Waals surface area contributed by atoms with Crippen LogP contribution < -0.4 is 5.32 Å². The van der Waals surface area contributed by atoms with E-state index >= 15 is 0 Å². The van der Waals surface area contributed by atoms with Gasteiger partial charge in [-0.3, -0.25) is 4.79 Å². The fourth-order valence-corrected chi connectivity index (χ4v) is 4.87. The molecule has 3 aromatic rings. The number of hydrogen-bond donors (Lipinski definition) is 4. The molecule has 0 aliphatic rings. The highest BCUT2D eigenvalue weighted by Gasteiger charge is 2.27. The number of aliphatic carboxylic acids is 1. The number of aromatic nitrogens is 1. The number of aliphatic hydroxyl groups is 2. The fourth-order valence-electron chi connectivity index (χ4n) is 4.87. The standard InChI is InChI=1S/C28H32FNO5.C5H11N.C4H8/c1-18(2)27-24(13-15-31)26(19-6-4-3-5-7-19)28(20-8-10-21(29)11-9-20)30(27)14-12-22(32)16-23(33)17-25(34)35;1-4-5(2)6-3;1-3-4-2/h3-11,15,18,22-23,32-33H,12-14,16-17H2,1-2H3,(H,34,35);6H,2,4H2,1,3H3;3-4H,1-2H3/b;;4-3-. The van der Waals surface area contributed by atoms with E-state index in [0.29, 0.717) is 6.54 Å². The van der Waals surface area contributed by atoms with Gasteiger partial charge in [0.15, 0.2) is 0 Å². The lowest BCUT2D eigenvalue weighted by Crippen LogP contribution is -2.22. The van der Waals surface area contributed by atoms with Crippen LogP contribution in [0.15, 0.2) is 79.0 Å². The number of aliphatic hydroxyl groups excluding tert-OH is 2. The average molecular weight is 623 g/mol. The van der Waals surface area contributed by atoms with E-state index in [4.69, 9.17) is 5.11 Å². The summed E-state index contributed by atoms with van der Waals surface area (Å²) in [6, 6.07) is 15.9. The van der Waals surface area contributed by atoms with Crippen LogP contribution in [0.25, 0.3) is 22.4 Å². The summed E-state index contributed by atoms with van der Waals surface area (Å²) in [5.74, 6) is -1.42. The molecule has 0 bridgehead atoms. The molecule has 1 aromatic heterocycles. The number of hydrogen-bond acceptors (Lipinski definition) is 5. The first-order chi connectivity index (χ1) is 21.4. The van der Waals surface area contributed by atoms with Crippen molar-refractivity contribution in [3.8, 4) is 22.4 Å². The molecule has 0 radical (unpaired) electrons. The third-order valence-corrected chi connectivity index (χ3v) is 7.18. The van der Waals surface area contributed by atoms with E-state index in [-0.39, 0.29) is 31.0 Å². The monoisotopic (exact) mass is 622 g/mol. The van der Waals surface area contributed by atoms with Crippen LogP contribution >= 0.6 is 0 Å². The Bertz CT molecular complexity index is 1340. The Balaban J connectivity index is 0.000000878. The number of carbonyl (C=O) groups excluding carboxylic acids is 1. The van der Waals surface area contributed by atoms with Crippen LogP contribution in [0.1, 0.15) is 77.5 Å². The molecule has 45 heavy (non-hydrogen) atoms. The van der Waals surface area contributed by atoms with E-state index < -0.39 is 24.6 Å². The van der Waals surface area contributed by atoms with Crippen molar-refractivity contribution < 1.29 is 29.3 Å². The molecule has 0 spiro atoms. The van der Waals surface area contributed by atoms with Gasteiger partial charge in [-0.1, -0.05) is 69.8 Å². The molecule has 0 amide bonds. The molecular weight excluding hydrogens is 571 g/mol. The highest BCUT2D eigenvalue weighted by Crippen LogP contribution is 2.42. The van der Waals surface area contributed by atoms with Crippen molar-refractivity contribution in [1.82, 2.24) is 9.88 Å². The average Bonchev–Trinajstić information content (AvgIpc) is 3.34. The number of rotatable bonds is 14. The minimum atomic E-state index is -1.14. The first-order valence-electron chi connectivity index (χ1n) is 15.5. The molecule has 0 aliphatic heterocycles. The molecule has 0 saturated carbocycles. The SMILES string of the molecule is C/C=C\C.C=C(CC)NC.CC(C)c1c(CC=O)c(-c2ccccc2)c(-c2ccc(F)cc2)n1CCC(O)CC(O)CC(=O)O. The van der Waals surface area contributed by atoms with Crippen LogP contribution in [-0.4, -0.2) is 51.4 Å². The van der Waals surface area contributed by atoms with Crippen LogP contribution in [0.5, 0.6) is 0 Å². The van der Waals surface area contributed by atoms with Crippen LogP contribution in [-0.2, 0) is 22.6 Å². The quantitative estimate of drug-likeness (QED) is 0.109. The van der Waals surface area contributed by atoms with E-state index in [1.54, 1.807) is 12.1 Å². The van der Waals surface area contributed by atoms with Crippen LogP contribution in [0.4, 0.5) is 4.39 Å². The first kappa shape index (κ1) is 39.0. The highest BCUT2D eigenvalue weighted by molar-refractivity contribution is 5.87. The van der Waals surface area contributed by atoms with Crippen molar-refractivity contribution in [1.29, 1.82) is 0 Å². The third-order valence-electron chi connectivity index (χ3n) is 7.18. The summed E-state index contributed by atoms with van der Waals surface area (Å²) in [4.78, 5) is 22.6. The molecule has 2 atom stereocenters. The smallest absolute Gasteiger partial charge is 0.305 e. The van der Waals surface area contributed by atoms with Gasteiger partial charge in [0.1, 0.15) is 12.1 Å². The van der Waals surface area contributed by atoms with Gasteiger partial charge >= 0.3 is 5.97 Å². The number of nitrogens with one attached hydrogen (secondary N) is 1. The molecule has 2 unspecified atom stereocenters. The van der Waals surface area contributed by atoms with Crippen LogP contribution in [0.3, 0.4) is 0 Å². The Morgan fingerprint density at radius 1 is 1.00 bits per heavy atom. The molecule has 8 heteroatoms. The Labute approximate surface area is 268 Å². The lowest BCUT2D eigenvalue weighted by atomic mass is 9.93. The van der Waals surface area contributed by atoms with Crippen molar-refractivity contribution in [3.63, 3.8) is 0 Å². The summed E-state index contributed by atoms with van der Waals surface area (Å²) in [7, 11) is 1.88. The summed E-state index contributed by atoms with van der Waals surface area (Å²) in [6.45, 7) is 14.2. The maximum atomic E-state index is 13.8. The maximum absolute atomic E-state index is 13.8. The Hall–Kier alpha value is -4.01. The fraction of sp³-hybridized carbons (Fsp3) is 0.405. The van der Waals surface area contributed by atoms with Crippen LogP contribution in [0, 0.1) is 5.82 Å². The van der Waals surface area contributed by atoms with Gasteiger partial charge in [0.2, 0.25) is 0 Å². The summed E-state index contributed by atoms with van der Waals surface area (Å²) in [5.41, 5.74) is 6.37. The van der Waals surface area contributed by atoms with E-state index in [0.717, 1.165) is 52.0 Å². The number of nitrogens with zero attached hydrogens (tertiary/aromatic N) is 1. The lowest BCUT2D eigenvalue weighted by molar-refractivity contribution is -0.139. The number of aldehydes is 1. The largest absolute Gasteiger partial charge is 0.481 e. The summed E-state index contributed by atoms with van der Waals surface area (Å²) in [6.07, 6.45) is 3.84. The van der Waals surface area contributed by atoms with Gasteiger partial charge in [-0.05, 0) is 80.0 Å². The molecule has 7 nitrogen and oxygen atoms in total. The predicted molar refractivity (Wildman–Crippen MR) is 182 cm³/mol. The third kappa shape index (κ3) is 12.9. The first-order valence-corrected chi connectivity index (χ1v) is 15.5. The predicted octanol–water partition coefficient (Wildman–Crippen LogP) is 7.51. The summed E-state index contributed by atoms with van der Waals surface area (Å²) < 4.78 is 15.8. The van der Waals surface area contributed by atoms with Gasteiger partial charge in [0.25, 0.3) is 0 Å². The summed E-state index contributed by atoms with van der Waals surface area (Å²) in [5, 5.41) is 32.3. The number of carboxylic acids is 1. The Kier molecular flexibility index (Phi) is 18.1. The molecule has 1 heterocycles. The number of benzene rings is 2.